The molecule has 0 radical (unpaired) electrons. The summed E-state index contributed by atoms with van der Waals surface area (Å²) in [5.41, 5.74) is -1.28. The Morgan fingerprint density at radius 1 is 1.15 bits per heavy atom. The third-order valence-electron chi connectivity index (χ3n) is 6.51. The van der Waals surface area contributed by atoms with Crippen LogP contribution in [-0.2, 0) is 15.1 Å². The van der Waals surface area contributed by atoms with E-state index in [9.17, 15) is 5.11 Å². The average Bonchev–Trinajstić information content (AvgIpc) is 2.98. The highest BCUT2D eigenvalue weighted by atomic mass is 32.1. The molecule has 3 fully saturated rings. The zero-order chi connectivity index (χ0) is 18.1. The molecular formula is C20H24NO3S2+. The minimum atomic E-state index is -1.28. The number of ether oxygens (including phenoxy) is 2. The van der Waals surface area contributed by atoms with Crippen LogP contribution in [0, 0.1) is 0 Å². The summed E-state index contributed by atoms with van der Waals surface area (Å²) in [6.45, 7) is 4.17. The van der Waals surface area contributed by atoms with Gasteiger partial charge in [-0.1, -0.05) is 18.7 Å². The van der Waals surface area contributed by atoms with Crippen molar-refractivity contribution >= 4 is 22.7 Å². The number of morpholine rings is 1. The first-order valence-corrected chi connectivity index (χ1v) is 10.8. The van der Waals surface area contributed by atoms with Gasteiger partial charge in [0, 0.05) is 22.6 Å². The second-order valence-electron chi connectivity index (χ2n) is 8.13. The number of aliphatic hydroxyl groups is 1. The van der Waals surface area contributed by atoms with Crippen LogP contribution in [0.1, 0.15) is 22.6 Å². The maximum absolute atomic E-state index is 11.6. The van der Waals surface area contributed by atoms with Crippen molar-refractivity contribution in [2.45, 2.75) is 48.8 Å². The predicted octanol–water partition coefficient (Wildman–Crippen LogP) is 3.33. The SMILES string of the molecule is C=C(OC1CC2C3OC3C(C1)[N+]2(C)C)C(O)(c1cccs1)c1cccs1. The number of hydrogen-bond acceptors (Lipinski definition) is 5. The van der Waals surface area contributed by atoms with Crippen LogP contribution < -0.4 is 0 Å². The van der Waals surface area contributed by atoms with E-state index in [0.717, 1.165) is 27.1 Å². The molecule has 0 amide bonds. The molecule has 2 bridgehead atoms. The van der Waals surface area contributed by atoms with Crippen LogP contribution in [0.25, 0.3) is 0 Å². The van der Waals surface area contributed by atoms with Crippen LogP contribution in [0.4, 0.5) is 0 Å². The van der Waals surface area contributed by atoms with Crippen LogP contribution in [0.2, 0.25) is 0 Å². The first-order valence-electron chi connectivity index (χ1n) is 9.07. The molecule has 2 aromatic heterocycles. The lowest BCUT2D eigenvalue weighted by Crippen LogP contribution is -2.59. The smallest absolute Gasteiger partial charge is 0.190 e. The van der Waals surface area contributed by atoms with Crippen LogP contribution in [0.5, 0.6) is 0 Å². The molecule has 0 saturated carbocycles. The van der Waals surface area contributed by atoms with E-state index in [0.29, 0.717) is 30.1 Å². The zero-order valence-electron chi connectivity index (χ0n) is 15.0. The Labute approximate surface area is 161 Å². The lowest BCUT2D eigenvalue weighted by Gasteiger charge is -2.46. The maximum Gasteiger partial charge on any atom is 0.190 e. The molecule has 6 heteroatoms. The number of epoxide rings is 1. The molecule has 3 aliphatic heterocycles. The number of piperidine rings is 1. The quantitative estimate of drug-likeness (QED) is 0.484. The fourth-order valence-electron chi connectivity index (χ4n) is 4.95. The van der Waals surface area contributed by atoms with Gasteiger partial charge in [0.2, 0.25) is 0 Å². The summed E-state index contributed by atoms with van der Waals surface area (Å²) >= 11 is 3.06. The highest BCUT2D eigenvalue weighted by molar-refractivity contribution is 7.11. The number of quaternary nitrogens is 1. The van der Waals surface area contributed by atoms with Crippen molar-refractivity contribution in [1.82, 2.24) is 0 Å². The number of nitrogens with zero attached hydrogens (tertiary/aromatic N) is 1. The summed E-state index contributed by atoms with van der Waals surface area (Å²) in [4.78, 5) is 1.71. The van der Waals surface area contributed by atoms with E-state index in [2.05, 4.69) is 20.7 Å². The van der Waals surface area contributed by atoms with Crippen molar-refractivity contribution in [3.63, 3.8) is 0 Å². The van der Waals surface area contributed by atoms with Gasteiger partial charge in [-0.25, -0.2) is 0 Å². The maximum atomic E-state index is 11.6. The molecule has 0 aliphatic carbocycles. The van der Waals surface area contributed by atoms with Crippen LogP contribution in [0.15, 0.2) is 47.4 Å². The van der Waals surface area contributed by atoms with Crippen molar-refractivity contribution in [2.24, 2.45) is 0 Å². The molecule has 138 valence electrons. The summed E-state index contributed by atoms with van der Waals surface area (Å²) in [6, 6.07) is 8.77. The number of likely N-dealkylation sites (N-methyl/N-ethyl adjacent to an activating group) is 1. The van der Waals surface area contributed by atoms with Gasteiger partial charge in [-0.15, -0.1) is 22.7 Å². The van der Waals surface area contributed by atoms with Gasteiger partial charge < -0.3 is 19.1 Å². The van der Waals surface area contributed by atoms with Crippen molar-refractivity contribution in [3.8, 4) is 0 Å². The number of fused-ring (bicyclic) bond motifs is 5. The topological polar surface area (TPSA) is 42.0 Å². The van der Waals surface area contributed by atoms with Crippen molar-refractivity contribution < 1.29 is 19.1 Å². The molecule has 4 nitrogen and oxygen atoms in total. The minimum absolute atomic E-state index is 0.0894. The monoisotopic (exact) mass is 390 g/mol. The Hall–Kier alpha value is -1.18. The summed E-state index contributed by atoms with van der Waals surface area (Å²) in [7, 11) is 4.62. The third kappa shape index (κ3) is 2.29. The van der Waals surface area contributed by atoms with E-state index in [1.807, 2.05) is 35.0 Å². The van der Waals surface area contributed by atoms with Gasteiger partial charge in [-0.2, -0.15) is 0 Å². The van der Waals surface area contributed by atoms with Gasteiger partial charge in [-0.05, 0) is 22.9 Å². The third-order valence-corrected chi connectivity index (χ3v) is 8.46. The van der Waals surface area contributed by atoms with E-state index in [4.69, 9.17) is 9.47 Å². The van der Waals surface area contributed by atoms with E-state index >= 15 is 0 Å². The number of thiophene rings is 2. The van der Waals surface area contributed by atoms with E-state index in [1.54, 1.807) is 0 Å². The molecule has 26 heavy (non-hydrogen) atoms. The van der Waals surface area contributed by atoms with Gasteiger partial charge in [0.1, 0.15) is 36.2 Å². The molecule has 0 spiro atoms. The molecule has 4 unspecified atom stereocenters. The van der Waals surface area contributed by atoms with Crippen molar-refractivity contribution in [1.29, 1.82) is 0 Å². The summed E-state index contributed by atoms with van der Waals surface area (Å²) < 4.78 is 13.2. The minimum Gasteiger partial charge on any atom is -0.491 e. The fraction of sp³-hybridized carbons (Fsp3) is 0.500. The Morgan fingerprint density at radius 2 is 1.69 bits per heavy atom. The van der Waals surface area contributed by atoms with Crippen LogP contribution in [0.3, 0.4) is 0 Å². The van der Waals surface area contributed by atoms with Gasteiger partial charge in [0.25, 0.3) is 0 Å². The Morgan fingerprint density at radius 3 is 2.15 bits per heavy atom. The zero-order valence-corrected chi connectivity index (χ0v) is 16.6. The lowest BCUT2D eigenvalue weighted by atomic mass is 9.94. The second-order valence-corrected chi connectivity index (χ2v) is 10.0. The van der Waals surface area contributed by atoms with E-state index in [1.165, 1.54) is 22.7 Å². The first kappa shape index (κ1) is 17.0. The average molecular weight is 391 g/mol. The molecule has 3 saturated heterocycles. The van der Waals surface area contributed by atoms with Crippen molar-refractivity contribution in [3.05, 3.63) is 57.1 Å². The molecule has 3 aliphatic rings. The normalized spacial score (nSPS) is 34.3. The summed E-state index contributed by atoms with van der Waals surface area (Å²) in [5, 5.41) is 15.6. The summed E-state index contributed by atoms with van der Waals surface area (Å²) in [5.74, 6) is 0.439. The molecular weight excluding hydrogens is 366 g/mol. The molecule has 1 N–H and O–H groups in total. The number of hydrogen-bond donors (Lipinski definition) is 1. The van der Waals surface area contributed by atoms with E-state index in [-0.39, 0.29) is 6.10 Å². The largest absolute Gasteiger partial charge is 0.491 e. The predicted molar refractivity (Wildman–Crippen MR) is 103 cm³/mol. The van der Waals surface area contributed by atoms with Crippen LogP contribution in [-0.4, -0.2) is 54.1 Å². The van der Waals surface area contributed by atoms with Gasteiger partial charge in [0.05, 0.1) is 14.1 Å². The van der Waals surface area contributed by atoms with Gasteiger partial charge in [-0.3, -0.25) is 0 Å². The van der Waals surface area contributed by atoms with Gasteiger partial charge in [0.15, 0.2) is 5.60 Å². The molecule has 0 aromatic carbocycles. The van der Waals surface area contributed by atoms with Crippen LogP contribution >= 0.6 is 22.7 Å². The summed E-state index contributed by atoms with van der Waals surface area (Å²) in [6.07, 6.45) is 2.78. The van der Waals surface area contributed by atoms with E-state index < -0.39 is 5.60 Å². The highest BCUT2D eigenvalue weighted by Gasteiger charge is 2.70. The highest BCUT2D eigenvalue weighted by Crippen LogP contribution is 2.52. The molecule has 5 rings (SSSR count). The Kier molecular flexibility index (Phi) is 3.69. The van der Waals surface area contributed by atoms with Gasteiger partial charge >= 0.3 is 0 Å². The lowest BCUT2D eigenvalue weighted by molar-refractivity contribution is -0.938. The Balaban J connectivity index is 1.40. The molecule has 4 atom stereocenters. The second kappa shape index (κ2) is 5.66. The number of rotatable bonds is 5. The molecule has 2 aromatic rings. The Bertz CT molecular complexity index is 760. The standard InChI is InChI=1S/C20H24NO3S2/c1-12(20(22,16-6-4-8-25-16)17-7-5-9-26-17)23-13-10-14-18-19(24-18)15(11-13)21(14,2)3/h4-9,13-15,18-19,22H,1,10-11H2,2-3H3/q+1. The van der Waals surface area contributed by atoms with Crippen molar-refractivity contribution in [2.75, 3.05) is 14.1 Å². The fourth-order valence-corrected chi connectivity index (χ4v) is 6.73. The first-order chi connectivity index (χ1) is 12.4. The molecule has 5 heterocycles.